The molecule has 2 aliphatic rings. The Hall–Kier alpha value is -2.12. The van der Waals surface area contributed by atoms with E-state index in [-0.39, 0.29) is 19.1 Å². The molecule has 0 saturated carbocycles. The van der Waals surface area contributed by atoms with Crippen molar-refractivity contribution in [1.29, 1.82) is 0 Å². The number of carboxylic acids is 1. The number of anilines is 1. The van der Waals surface area contributed by atoms with Crippen LogP contribution in [0.2, 0.25) is 0 Å². The number of imidazole rings is 1. The molecule has 2 saturated heterocycles. The topological polar surface area (TPSA) is 87.8 Å². The van der Waals surface area contributed by atoms with Crippen LogP contribution in [0, 0.1) is 11.3 Å². The van der Waals surface area contributed by atoms with E-state index in [1.54, 1.807) is 0 Å². The molecule has 4 rings (SSSR count). The zero-order valence-corrected chi connectivity index (χ0v) is 13.4. The lowest BCUT2D eigenvalue weighted by Crippen LogP contribution is -2.46. The smallest absolute Gasteiger partial charge is 0.314 e. The minimum atomic E-state index is -0.861. The maximum Gasteiger partial charge on any atom is 0.314 e. The molecule has 0 bridgehead atoms. The monoisotopic (exact) mass is 331 g/mol. The molecule has 7 heteroatoms. The van der Waals surface area contributed by atoms with Crippen LogP contribution in [0.15, 0.2) is 24.3 Å². The molecule has 0 amide bonds. The Bertz CT molecular complexity index is 774. The number of carboxylic acid groups (broad SMARTS) is 1. The molecular formula is C17H21N3O4. The lowest BCUT2D eigenvalue weighted by Gasteiger charge is -2.33. The Morgan fingerprint density at radius 1 is 1.42 bits per heavy atom. The highest BCUT2D eigenvalue weighted by molar-refractivity contribution is 5.80. The number of rotatable bonds is 4. The van der Waals surface area contributed by atoms with Gasteiger partial charge in [-0.25, -0.2) is 4.98 Å². The maximum absolute atomic E-state index is 11.9. The minimum Gasteiger partial charge on any atom is -0.481 e. The quantitative estimate of drug-likeness (QED) is 0.867. The number of carbonyl (C=O) groups is 1. The summed E-state index contributed by atoms with van der Waals surface area (Å²) in [6.45, 7) is 2.36. The molecule has 2 N–H and O–H groups in total. The number of ether oxygens (including phenoxy) is 1. The van der Waals surface area contributed by atoms with Gasteiger partial charge >= 0.3 is 5.97 Å². The van der Waals surface area contributed by atoms with Gasteiger partial charge < -0.3 is 24.4 Å². The van der Waals surface area contributed by atoms with E-state index in [0.717, 1.165) is 23.4 Å². The number of aliphatic hydroxyl groups excluding tert-OH is 1. The van der Waals surface area contributed by atoms with Gasteiger partial charge in [0.25, 0.3) is 0 Å². The fraction of sp³-hybridized carbons (Fsp3) is 0.529. The predicted octanol–water partition coefficient (Wildman–Crippen LogP) is 0.956. The highest BCUT2D eigenvalue weighted by Crippen LogP contribution is 2.43. The van der Waals surface area contributed by atoms with Crippen molar-refractivity contribution in [3.05, 3.63) is 24.3 Å². The largest absolute Gasteiger partial charge is 0.481 e. The first kappa shape index (κ1) is 15.4. The average Bonchev–Trinajstić information content (AvgIpc) is 3.15. The molecule has 1 aromatic carbocycles. The van der Waals surface area contributed by atoms with Crippen molar-refractivity contribution >= 4 is 23.0 Å². The SMILES string of the molecule is O=C(O)[C@]12COCC[C@H]1CN(c1nc3ccccc3n1CCO)C2. The molecule has 2 aromatic rings. The molecule has 1 aromatic heterocycles. The van der Waals surface area contributed by atoms with Gasteiger partial charge in [-0.3, -0.25) is 4.79 Å². The molecule has 2 aliphatic heterocycles. The Labute approximate surface area is 139 Å². The number of hydrogen-bond donors (Lipinski definition) is 2. The van der Waals surface area contributed by atoms with Crippen LogP contribution in [-0.4, -0.2) is 58.6 Å². The van der Waals surface area contributed by atoms with Gasteiger partial charge in [-0.05, 0) is 24.5 Å². The van der Waals surface area contributed by atoms with E-state index in [2.05, 4.69) is 0 Å². The minimum absolute atomic E-state index is 0.0117. The number of aromatic nitrogens is 2. The fourth-order valence-corrected chi connectivity index (χ4v) is 4.07. The molecule has 2 fully saturated rings. The van der Waals surface area contributed by atoms with Gasteiger partial charge in [0, 0.05) is 26.2 Å². The highest BCUT2D eigenvalue weighted by Gasteiger charge is 2.54. The Balaban J connectivity index is 1.75. The van der Waals surface area contributed by atoms with Crippen LogP contribution in [0.25, 0.3) is 11.0 Å². The number of aliphatic hydroxyl groups is 1. The maximum atomic E-state index is 11.9. The van der Waals surface area contributed by atoms with E-state index in [9.17, 15) is 15.0 Å². The molecule has 0 aliphatic carbocycles. The molecular weight excluding hydrogens is 310 g/mol. The summed E-state index contributed by atoms with van der Waals surface area (Å²) >= 11 is 0. The van der Waals surface area contributed by atoms with E-state index in [0.29, 0.717) is 26.2 Å². The number of nitrogens with zero attached hydrogens (tertiary/aromatic N) is 3. The van der Waals surface area contributed by atoms with Crippen LogP contribution in [0.5, 0.6) is 0 Å². The second-order valence-electron chi connectivity index (χ2n) is 6.66. The van der Waals surface area contributed by atoms with Crippen molar-refractivity contribution in [2.24, 2.45) is 11.3 Å². The molecule has 2 atom stereocenters. The first-order valence-corrected chi connectivity index (χ1v) is 8.28. The number of fused-ring (bicyclic) bond motifs is 2. The Morgan fingerprint density at radius 2 is 2.25 bits per heavy atom. The lowest BCUT2D eigenvalue weighted by atomic mass is 9.76. The van der Waals surface area contributed by atoms with Gasteiger partial charge in [-0.15, -0.1) is 0 Å². The zero-order chi connectivity index (χ0) is 16.7. The zero-order valence-electron chi connectivity index (χ0n) is 13.4. The summed E-state index contributed by atoms with van der Waals surface area (Å²) in [7, 11) is 0. The second kappa shape index (κ2) is 5.75. The summed E-state index contributed by atoms with van der Waals surface area (Å²) in [5.74, 6) is 0.00549. The molecule has 7 nitrogen and oxygen atoms in total. The molecule has 3 heterocycles. The second-order valence-corrected chi connectivity index (χ2v) is 6.66. The standard InChI is InChI=1S/C17H21N3O4/c21-7-6-20-14-4-2-1-3-13(14)18-16(20)19-9-12-5-8-24-11-17(12,10-19)15(22)23/h1-4,12,21H,5-11H2,(H,22,23)/t12-,17+/m0/s1. The van der Waals surface area contributed by atoms with Crippen LogP contribution >= 0.6 is 0 Å². The van der Waals surface area contributed by atoms with Crippen molar-refractivity contribution in [3.63, 3.8) is 0 Å². The third-order valence-electron chi connectivity index (χ3n) is 5.33. The van der Waals surface area contributed by atoms with Crippen LogP contribution in [0.1, 0.15) is 6.42 Å². The van der Waals surface area contributed by atoms with Crippen molar-refractivity contribution < 1.29 is 19.7 Å². The third-order valence-corrected chi connectivity index (χ3v) is 5.33. The van der Waals surface area contributed by atoms with Crippen LogP contribution in [-0.2, 0) is 16.1 Å². The number of para-hydroxylation sites is 2. The molecule has 128 valence electrons. The first-order chi connectivity index (χ1) is 11.7. The van der Waals surface area contributed by atoms with Crippen molar-refractivity contribution in [1.82, 2.24) is 9.55 Å². The Kier molecular flexibility index (Phi) is 3.69. The van der Waals surface area contributed by atoms with Gasteiger partial charge in [-0.1, -0.05) is 12.1 Å². The average molecular weight is 331 g/mol. The summed E-state index contributed by atoms with van der Waals surface area (Å²) in [5.41, 5.74) is 0.953. The van der Waals surface area contributed by atoms with E-state index in [1.807, 2.05) is 33.7 Å². The van der Waals surface area contributed by atoms with E-state index < -0.39 is 11.4 Å². The number of hydrogen-bond acceptors (Lipinski definition) is 5. The molecule has 0 unspecified atom stereocenters. The van der Waals surface area contributed by atoms with Gasteiger partial charge in [0.2, 0.25) is 5.95 Å². The molecule has 0 spiro atoms. The van der Waals surface area contributed by atoms with Gasteiger partial charge in [-0.2, -0.15) is 0 Å². The third kappa shape index (κ3) is 2.19. The van der Waals surface area contributed by atoms with E-state index >= 15 is 0 Å². The van der Waals surface area contributed by atoms with Crippen molar-refractivity contribution in [3.8, 4) is 0 Å². The van der Waals surface area contributed by atoms with Crippen LogP contribution in [0.4, 0.5) is 5.95 Å². The summed E-state index contributed by atoms with van der Waals surface area (Å²) in [6, 6.07) is 7.78. The first-order valence-electron chi connectivity index (χ1n) is 8.28. The lowest BCUT2D eigenvalue weighted by molar-refractivity contribution is -0.159. The van der Waals surface area contributed by atoms with Crippen molar-refractivity contribution in [2.75, 3.05) is 37.8 Å². The van der Waals surface area contributed by atoms with Gasteiger partial charge in [0.1, 0.15) is 5.41 Å². The fourth-order valence-electron chi connectivity index (χ4n) is 4.07. The van der Waals surface area contributed by atoms with E-state index in [1.165, 1.54) is 0 Å². The summed E-state index contributed by atoms with van der Waals surface area (Å²) < 4.78 is 7.47. The van der Waals surface area contributed by atoms with Crippen LogP contribution < -0.4 is 4.90 Å². The number of aliphatic carboxylic acids is 1. The van der Waals surface area contributed by atoms with Crippen molar-refractivity contribution in [2.45, 2.75) is 13.0 Å². The number of benzene rings is 1. The highest BCUT2D eigenvalue weighted by atomic mass is 16.5. The summed E-state index contributed by atoms with van der Waals surface area (Å²) in [5, 5.41) is 19.2. The Morgan fingerprint density at radius 3 is 3.00 bits per heavy atom. The normalized spacial score (nSPS) is 26.7. The van der Waals surface area contributed by atoms with Gasteiger partial charge in [0.05, 0.1) is 24.2 Å². The molecule has 24 heavy (non-hydrogen) atoms. The van der Waals surface area contributed by atoms with Gasteiger partial charge in [0.15, 0.2) is 0 Å². The van der Waals surface area contributed by atoms with E-state index in [4.69, 9.17) is 9.72 Å². The van der Waals surface area contributed by atoms with Crippen LogP contribution in [0.3, 0.4) is 0 Å². The molecule has 0 radical (unpaired) electrons. The summed E-state index contributed by atoms with van der Waals surface area (Å²) in [4.78, 5) is 18.7. The summed E-state index contributed by atoms with van der Waals surface area (Å²) in [6.07, 6.45) is 0.753. The predicted molar refractivity (Wildman–Crippen MR) is 88.0 cm³/mol.